The van der Waals surface area contributed by atoms with Gasteiger partial charge in [0.05, 0.1) is 19.0 Å². The van der Waals surface area contributed by atoms with Gasteiger partial charge in [-0.1, -0.05) is 6.07 Å². The Balaban J connectivity index is 1.29. The number of anilines is 1. The Labute approximate surface area is 194 Å². The van der Waals surface area contributed by atoms with Gasteiger partial charge in [-0.25, -0.2) is 9.97 Å². The van der Waals surface area contributed by atoms with Crippen LogP contribution >= 0.6 is 11.3 Å². The van der Waals surface area contributed by atoms with Crippen molar-refractivity contribution in [2.45, 2.75) is 6.54 Å². The highest BCUT2D eigenvalue weighted by Gasteiger charge is 2.22. The molecule has 1 aliphatic rings. The maximum atomic E-state index is 13.1. The first-order chi connectivity index (χ1) is 16.1. The number of carbonyl (C=O) groups is 1. The van der Waals surface area contributed by atoms with Gasteiger partial charge in [0.2, 0.25) is 5.91 Å². The molecule has 0 N–H and O–H groups in total. The van der Waals surface area contributed by atoms with Gasteiger partial charge >= 0.3 is 0 Å². The molecular formula is C24H23N5O3S. The van der Waals surface area contributed by atoms with Crippen molar-refractivity contribution in [2.24, 2.45) is 0 Å². The summed E-state index contributed by atoms with van der Waals surface area (Å²) in [5.74, 6) is 1.62. The van der Waals surface area contributed by atoms with Crippen LogP contribution in [0.15, 0.2) is 65.8 Å². The van der Waals surface area contributed by atoms with E-state index in [1.54, 1.807) is 18.2 Å². The number of amides is 1. The van der Waals surface area contributed by atoms with E-state index < -0.39 is 0 Å². The van der Waals surface area contributed by atoms with Crippen molar-refractivity contribution >= 4 is 33.3 Å². The molecule has 4 aromatic rings. The largest absolute Gasteiger partial charge is 0.497 e. The Morgan fingerprint density at radius 3 is 2.55 bits per heavy atom. The van der Waals surface area contributed by atoms with Crippen molar-refractivity contribution in [1.82, 2.24) is 19.4 Å². The average Bonchev–Trinajstić information content (AvgIpc) is 3.32. The topological polar surface area (TPSA) is 80.6 Å². The average molecular weight is 462 g/mol. The second kappa shape index (κ2) is 9.03. The third-order valence-corrected chi connectivity index (χ3v) is 6.95. The quantitative estimate of drug-likeness (QED) is 0.455. The lowest BCUT2D eigenvalue weighted by atomic mass is 10.2. The molecule has 0 atom stereocenters. The molecular weight excluding hydrogens is 438 g/mol. The van der Waals surface area contributed by atoms with Crippen LogP contribution in [0, 0.1) is 0 Å². The van der Waals surface area contributed by atoms with Crippen molar-refractivity contribution < 1.29 is 9.53 Å². The van der Waals surface area contributed by atoms with Gasteiger partial charge < -0.3 is 14.5 Å². The summed E-state index contributed by atoms with van der Waals surface area (Å²) in [5.41, 5.74) is 1.44. The van der Waals surface area contributed by atoms with E-state index in [-0.39, 0.29) is 18.0 Å². The first-order valence-corrected chi connectivity index (χ1v) is 11.5. The van der Waals surface area contributed by atoms with Gasteiger partial charge in [0, 0.05) is 37.3 Å². The minimum absolute atomic E-state index is 0.0128. The molecule has 0 radical (unpaired) electrons. The van der Waals surface area contributed by atoms with Crippen LogP contribution < -0.4 is 15.2 Å². The molecule has 0 spiro atoms. The highest BCUT2D eigenvalue weighted by molar-refractivity contribution is 7.22. The number of methoxy groups -OCH3 is 1. The summed E-state index contributed by atoms with van der Waals surface area (Å²) in [6.45, 7) is 2.61. The number of pyridine rings is 1. The summed E-state index contributed by atoms with van der Waals surface area (Å²) in [5, 5.41) is 0. The number of fused-ring (bicyclic) bond motifs is 1. The third kappa shape index (κ3) is 4.31. The number of benzene rings is 1. The lowest BCUT2D eigenvalue weighted by Gasteiger charge is -2.35. The van der Waals surface area contributed by atoms with Crippen LogP contribution in [0.25, 0.3) is 20.7 Å². The number of hydrogen-bond donors (Lipinski definition) is 0. The maximum Gasteiger partial charge on any atom is 0.271 e. The molecule has 0 saturated carbocycles. The number of thiophene rings is 1. The van der Waals surface area contributed by atoms with Crippen LogP contribution in [-0.4, -0.2) is 58.6 Å². The van der Waals surface area contributed by atoms with Gasteiger partial charge in [0.15, 0.2) is 0 Å². The minimum Gasteiger partial charge on any atom is -0.497 e. The fourth-order valence-corrected chi connectivity index (χ4v) is 4.99. The number of ether oxygens (including phenoxy) is 1. The second-order valence-electron chi connectivity index (χ2n) is 7.79. The molecule has 1 saturated heterocycles. The molecule has 5 rings (SSSR count). The van der Waals surface area contributed by atoms with Crippen LogP contribution in [0.3, 0.4) is 0 Å². The summed E-state index contributed by atoms with van der Waals surface area (Å²) in [6.07, 6.45) is 3.24. The maximum absolute atomic E-state index is 13.1. The molecule has 33 heavy (non-hydrogen) atoms. The van der Waals surface area contributed by atoms with Gasteiger partial charge in [-0.05, 0) is 48.0 Å². The van der Waals surface area contributed by atoms with Gasteiger partial charge in [0.1, 0.15) is 22.8 Å². The lowest BCUT2D eigenvalue weighted by molar-refractivity contribution is -0.132. The zero-order valence-corrected chi connectivity index (χ0v) is 19.0. The van der Waals surface area contributed by atoms with E-state index in [4.69, 9.17) is 4.74 Å². The summed E-state index contributed by atoms with van der Waals surface area (Å²) >= 11 is 1.39. The predicted molar refractivity (Wildman–Crippen MR) is 129 cm³/mol. The number of hydrogen-bond acceptors (Lipinski definition) is 7. The smallest absolute Gasteiger partial charge is 0.271 e. The Kier molecular flexibility index (Phi) is 5.78. The molecule has 0 aliphatic carbocycles. The normalized spacial score (nSPS) is 14.0. The molecule has 1 fully saturated rings. The Morgan fingerprint density at radius 1 is 1.06 bits per heavy atom. The highest BCUT2D eigenvalue weighted by Crippen LogP contribution is 2.31. The van der Waals surface area contributed by atoms with Crippen molar-refractivity contribution in [2.75, 3.05) is 38.2 Å². The third-order valence-electron chi connectivity index (χ3n) is 5.79. The minimum atomic E-state index is -0.190. The second-order valence-corrected chi connectivity index (χ2v) is 8.84. The van der Waals surface area contributed by atoms with Crippen molar-refractivity contribution in [3.63, 3.8) is 0 Å². The molecule has 1 aliphatic heterocycles. The summed E-state index contributed by atoms with van der Waals surface area (Å²) in [4.78, 5) is 39.7. The molecule has 0 unspecified atom stereocenters. The van der Waals surface area contributed by atoms with Crippen LogP contribution in [0.5, 0.6) is 5.75 Å². The molecule has 168 valence electrons. The van der Waals surface area contributed by atoms with Gasteiger partial charge in [-0.3, -0.25) is 14.2 Å². The Bertz CT molecular complexity index is 1330. The van der Waals surface area contributed by atoms with Crippen LogP contribution in [0.2, 0.25) is 0 Å². The number of carbonyl (C=O) groups excluding carboxylic acids is 1. The van der Waals surface area contributed by atoms with E-state index in [9.17, 15) is 9.59 Å². The standard InChI is InChI=1S/C24H23N5O3S/c1-32-18-7-5-17(6-8-18)20-14-19-23(33-20)24(31)29(16-26-19)15-22(30)28-12-10-27(11-13-28)21-4-2-3-9-25-21/h2-9,14,16H,10-13,15H2,1H3. The molecule has 1 amide bonds. The summed E-state index contributed by atoms with van der Waals surface area (Å²) < 4.78 is 7.17. The van der Waals surface area contributed by atoms with E-state index in [0.717, 1.165) is 22.0 Å². The van der Waals surface area contributed by atoms with Crippen molar-refractivity contribution in [3.05, 3.63) is 71.4 Å². The fourth-order valence-electron chi connectivity index (χ4n) is 3.93. The van der Waals surface area contributed by atoms with E-state index in [0.29, 0.717) is 36.4 Å². The lowest BCUT2D eigenvalue weighted by Crippen LogP contribution is -2.50. The van der Waals surface area contributed by atoms with Gasteiger partial charge in [0.25, 0.3) is 5.56 Å². The Morgan fingerprint density at radius 2 is 1.85 bits per heavy atom. The number of aromatic nitrogens is 3. The number of nitrogens with zero attached hydrogens (tertiary/aromatic N) is 5. The monoisotopic (exact) mass is 461 g/mol. The van der Waals surface area contributed by atoms with Crippen molar-refractivity contribution in [3.8, 4) is 16.2 Å². The van der Waals surface area contributed by atoms with E-state index in [1.165, 1.54) is 22.2 Å². The van der Waals surface area contributed by atoms with Crippen LogP contribution in [-0.2, 0) is 11.3 Å². The molecule has 8 nitrogen and oxygen atoms in total. The molecule has 4 heterocycles. The SMILES string of the molecule is COc1ccc(-c2cc3ncn(CC(=O)N4CCN(c5ccccn5)CC4)c(=O)c3s2)cc1. The zero-order valence-electron chi connectivity index (χ0n) is 18.2. The summed E-state index contributed by atoms with van der Waals surface area (Å²) in [6, 6.07) is 15.4. The van der Waals surface area contributed by atoms with E-state index >= 15 is 0 Å². The summed E-state index contributed by atoms with van der Waals surface area (Å²) in [7, 11) is 1.63. The van der Waals surface area contributed by atoms with Crippen LogP contribution in [0.1, 0.15) is 0 Å². The van der Waals surface area contributed by atoms with E-state index in [2.05, 4.69) is 14.9 Å². The van der Waals surface area contributed by atoms with Gasteiger partial charge in [-0.15, -0.1) is 11.3 Å². The Hall–Kier alpha value is -3.72. The molecule has 3 aromatic heterocycles. The fraction of sp³-hybridized carbons (Fsp3) is 0.250. The molecule has 9 heteroatoms. The first-order valence-electron chi connectivity index (χ1n) is 10.7. The van der Waals surface area contributed by atoms with Crippen LogP contribution in [0.4, 0.5) is 5.82 Å². The van der Waals surface area contributed by atoms with Crippen molar-refractivity contribution in [1.29, 1.82) is 0 Å². The predicted octanol–water partition coefficient (Wildman–Crippen LogP) is 2.88. The first kappa shape index (κ1) is 21.1. The molecule has 1 aromatic carbocycles. The van der Waals surface area contributed by atoms with E-state index in [1.807, 2.05) is 48.5 Å². The van der Waals surface area contributed by atoms with Gasteiger partial charge in [-0.2, -0.15) is 0 Å². The highest BCUT2D eigenvalue weighted by atomic mass is 32.1. The number of rotatable bonds is 5. The molecule has 0 bridgehead atoms. The number of piperazine rings is 1. The zero-order chi connectivity index (χ0) is 22.8.